The number of hydrogen-bond acceptors (Lipinski definition) is 6. The Labute approximate surface area is 110 Å². The molecular weight excluding hydrogens is 278 g/mol. The third-order valence-electron chi connectivity index (χ3n) is 1.84. The fourth-order valence-electron chi connectivity index (χ4n) is 1.14. The Balaban J connectivity index is 0.000000312. The zero-order valence-corrected chi connectivity index (χ0v) is 10.2. The zero-order valence-electron chi connectivity index (χ0n) is 9.49. The monoisotopic (exact) mass is 287 g/mol. The predicted molar refractivity (Wildman–Crippen MR) is 52.3 cm³/mol. The summed E-state index contributed by atoms with van der Waals surface area (Å²) >= 11 is 0. The van der Waals surface area contributed by atoms with E-state index in [1.807, 2.05) is 12.1 Å². The number of H-pyrrole nitrogens is 1. The summed E-state index contributed by atoms with van der Waals surface area (Å²) in [7, 11) is -4.94. The smallest absolute Gasteiger partial charge is 0.371 e. The van der Waals surface area contributed by atoms with E-state index in [-0.39, 0.29) is 5.75 Å². The number of phenolic OH excluding ortho intramolecular Hbond substituents is 1. The lowest BCUT2D eigenvalue weighted by molar-refractivity contribution is -2.00. The molecule has 0 aliphatic rings. The molecule has 0 spiro atoms. The molecule has 1 aromatic carbocycles. The Hall–Kier alpha value is -1.90. The van der Waals surface area contributed by atoms with Gasteiger partial charge >= 0.3 is 5.89 Å². The van der Waals surface area contributed by atoms with Gasteiger partial charge < -0.3 is 9.52 Å². The summed E-state index contributed by atoms with van der Waals surface area (Å²) in [6, 6.07) is 7.12. The quantitative estimate of drug-likeness (QED) is 0.633. The molecule has 0 atom stereocenters. The molecule has 102 valence electrons. The zero-order chi connectivity index (χ0) is 14.3. The maximum absolute atomic E-state index is 9.45. The lowest BCUT2D eigenvalue weighted by Crippen LogP contribution is -2.68. The average Bonchev–Trinajstić information content (AvgIpc) is 2.78. The highest BCUT2D eigenvalue weighted by atomic mass is 35.7. The second-order valence-corrected chi connectivity index (χ2v) is 3.96. The van der Waals surface area contributed by atoms with Crippen LogP contribution in [0.25, 0.3) is 12.2 Å². The maximum atomic E-state index is 9.45. The van der Waals surface area contributed by atoms with Crippen LogP contribution in [0.3, 0.4) is 0 Å². The van der Waals surface area contributed by atoms with Crippen LogP contribution in [0, 0.1) is 10.2 Å². The van der Waals surface area contributed by atoms with Gasteiger partial charge in [-0.25, -0.2) is 18.6 Å². The molecule has 0 amide bonds. The second kappa shape index (κ2) is 6.88. The summed E-state index contributed by atoms with van der Waals surface area (Å²) in [5.41, 5.74) is 0.761. The van der Waals surface area contributed by atoms with Gasteiger partial charge in [0, 0.05) is 5.56 Å². The van der Waals surface area contributed by atoms with Crippen molar-refractivity contribution in [2.24, 2.45) is 0 Å². The summed E-state index contributed by atoms with van der Waals surface area (Å²) in [6.45, 7) is 0. The van der Waals surface area contributed by atoms with Crippen molar-refractivity contribution >= 4 is 12.2 Å². The first kappa shape index (κ1) is 15.2. The molecule has 2 N–H and O–H groups in total. The number of aromatic amines is 1. The van der Waals surface area contributed by atoms with E-state index in [2.05, 4.69) is 4.98 Å². The molecule has 1 aromatic heterocycles. The molecule has 0 aliphatic heterocycles. The Morgan fingerprint density at radius 3 is 2.26 bits per heavy atom. The fourth-order valence-corrected chi connectivity index (χ4v) is 1.14. The molecule has 0 saturated carbocycles. The highest BCUT2D eigenvalue weighted by Crippen LogP contribution is 2.17. The second-order valence-electron chi connectivity index (χ2n) is 3.20. The van der Waals surface area contributed by atoms with E-state index in [9.17, 15) is 5.11 Å². The Bertz CT molecular complexity index is 514. The van der Waals surface area contributed by atoms with Gasteiger partial charge in [0.15, 0.2) is 6.26 Å². The minimum absolute atomic E-state index is 0.260. The molecule has 0 radical (unpaired) electrons. The number of aromatic hydroxyl groups is 1. The van der Waals surface area contributed by atoms with Crippen molar-refractivity contribution in [2.75, 3.05) is 0 Å². The first-order valence-corrected chi connectivity index (χ1v) is 6.13. The van der Waals surface area contributed by atoms with Crippen LogP contribution in [0.15, 0.2) is 41.1 Å². The van der Waals surface area contributed by atoms with E-state index in [1.165, 1.54) is 0 Å². The van der Waals surface area contributed by atoms with Crippen molar-refractivity contribution in [1.82, 2.24) is 0 Å². The number of phenols is 1. The number of aromatic nitrogens is 1. The lowest BCUT2D eigenvalue weighted by Gasteiger charge is -2.17. The van der Waals surface area contributed by atoms with E-state index in [0.29, 0.717) is 5.89 Å². The Morgan fingerprint density at radius 1 is 1.11 bits per heavy atom. The van der Waals surface area contributed by atoms with Crippen LogP contribution < -0.4 is 23.6 Å². The number of halogens is 1. The van der Waals surface area contributed by atoms with Crippen LogP contribution >= 0.6 is 0 Å². The van der Waals surface area contributed by atoms with Gasteiger partial charge in [0.25, 0.3) is 0 Å². The van der Waals surface area contributed by atoms with Gasteiger partial charge in [-0.15, -0.1) is 10.2 Å². The minimum Gasteiger partial charge on any atom is -0.507 e. The van der Waals surface area contributed by atoms with E-state index < -0.39 is 10.2 Å². The van der Waals surface area contributed by atoms with Crippen molar-refractivity contribution in [3.8, 4) is 5.75 Å². The number of benzene rings is 1. The summed E-state index contributed by atoms with van der Waals surface area (Å²) in [5, 5.41) is 9.45. The molecule has 0 saturated heterocycles. The van der Waals surface area contributed by atoms with Gasteiger partial charge in [0.2, 0.25) is 6.20 Å². The molecule has 8 heteroatoms. The van der Waals surface area contributed by atoms with Crippen LogP contribution in [0.4, 0.5) is 0 Å². The van der Waals surface area contributed by atoms with Gasteiger partial charge in [-0.05, 0) is 12.1 Å². The van der Waals surface area contributed by atoms with Gasteiger partial charge in [0.1, 0.15) is 5.75 Å². The molecular formula is C11H10ClNO6. The molecule has 19 heavy (non-hydrogen) atoms. The van der Waals surface area contributed by atoms with Crippen molar-refractivity contribution < 1.29 is 43.4 Å². The number of rotatable bonds is 2. The van der Waals surface area contributed by atoms with Crippen LogP contribution in [-0.2, 0) is 0 Å². The molecule has 0 fully saturated rings. The van der Waals surface area contributed by atoms with Gasteiger partial charge in [-0.2, -0.15) is 4.98 Å². The number of hydrogen-bond donors (Lipinski definition) is 1. The van der Waals surface area contributed by atoms with Crippen molar-refractivity contribution in [3.05, 3.63) is 48.2 Å². The van der Waals surface area contributed by atoms with Crippen molar-refractivity contribution in [1.29, 1.82) is 0 Å². The van der Waals surface area contributed by atoms with E-state index in [1.54, 1.807) is 36.7 Å². The van der Waals surface area contributed by atoms with Crippen LogP contribution in [0.5, 0.6) is 5.75 Å². The maximum Gasteiger partial charge on any atom is 0.371 e. The molecule has 7 nitrogen and oxygen atoms in total. The summed E-state index contributed by atoms with van der Waals surface area (Å²) in [6.07, 6.45) is 6.80. The highest BCUT2D eigenvalue weighted by Gasteiger charge is 1.99. The molecule has 2 aromatic rings. The molecule has 0 aliphatic carbocycles. The SMILES string of the molecule is Oc1ccccc1C=Cc1[nH+]cco1.[O-][Cl+3]([O-])([O-])[O-]. The largest absolute Gasteiger partial charge is 0.507 e. The standard InChI is InChI=1S/C11H9NO2.ClHO4/c13-10-4-2-1-3-9(10)5-6-11-12-7-8-14-11;2-1(3,4)5/h1-8,13H;(H,2,3,4,5). The highest BCUT2D eigenvalue weighted by molar-refractivity contribution is 5.68. The van der Waals surface area contributed by atoms with Gasteiger partial charge in [-0.3, -0.25) is 0 Å². The molecule has 1 heterocycles. The number of oxazole rings is 1. The molecule has 2 rings (SSSR count). The molecule has 0 bridgehead atoms. The fraction of sp³-hybridized carbons (Fsp3) is 0. The summed E-state index contributed by atoms with van der Waals surface area (Å²) in [5.74, 6) is 0.906. The normalized spacial score (nSPS) is 11.2. The number of nitrogens with one attached hydrogen (secondary N) is 1. The third kappa shape index (κ3) is 7.19. The third-order valence-corrected chi connectivity index (χ3v) is 1.84. The van der Waals surface area contributed by atoms with E-state index in [4.69, 9.17) is 23.1 Å². The van der Waals surface area contributed by atoms with Crippen LogP contribution in [0.1, 0.15) is 11.5 Å². The molecule has 0 unspecified atom stereocenters. The van der Waals surface area contributed by atoms with Crippen LogP contribution in [0.2, 0.25) is 0 Å². The predicted octanol–water partition coefficient (Wildman–Crippen LogP) is -2.79. The van der Waals surface area contributed by atoms with Crippen molar-refractivity contribution in [2.45, 2.75) is 0 Å². The minimum atomic E-state index is -4.94. The van der Waals surface area contributed by atoms with Gasteiger partial charge in [0.05, 0.1) is 6.08 Å². The van der Waals surface area contributed by atoms with Gasteiger partial charge in [-0.1, -0.05) is 18.2 Å². The van der Waals surface area contributed by atoms with Crippen molar-refractivity contribution in [3.63, 3.8) is 0 Å². The van der Waals surface area contributed by atoms with E-state index >= 15 is 0 Å². The topological polar surface area (TPSA) is 140 Å². The number of para-hydroxylation sites is 1. The van der Waals surface area contributed by atoms with E-state index in [0.717, 1.165) is 5.56 Å². The first-order chi connectivity index (χ1) is 8.86. The lowest BCUT2D eigenvalue weighted by atomic mass is 10.2. The van der Waals surface area contributed by atoms with Crippen LogP contribution in [-0.4, -0.2) is 5.11 Å². The Morgan fingerprint density at radius 2 is 1.74 bits per heavy atom. The first-order valence-electron chi connectivity index (χ1n) is 4.89. The Kier molecular flexibility index (Phi) is 5.49. The average molecular weight is 288 g/mol. The summed E-state index contributed by atoms with van der Waals surface area (Å²) in [4.78, 5) is 2.89. The summed E-state index contributed by atoms with van der Waals surface area (Å²) < 4.78 is 39.0.